The van der Waals surface area contributed by atoms with Gasteiger partial charge in [-0.25, -0.2) is 0 Å². The number of likely N-dealkylation sites (N-methyl/N-ethyl adjacent to an activating group) is 1. The molecule has 222 valence electrons. The second-order valence-electron chi connectivity index (χ2n) is 11.1. The number of benzene rings is 3. The highest BCUT2D eigenvalue weighted by Gasteiger charge is 2.23. The lowest BCUT2D eigenvalue weighted by molar-refractivity contribution is 0.179. The van der Waals surface area contributed by atoms with E-state index in [1.807, 2.05) is 33.9 Å². The molecule has 3 aromatic rings. The minimum absolute atomic E-state index is 0.405. The molecule has 3 nitrogen and oxygen atoms in total. The molecule has 0 unspecified atom stereocenters. The van der Waals surface area contributed by atoms with Crippen molar-refractivity contribution < 1.29 is 0 Å². The lowest BCUT2D eigenvalue weighted by Gasteiger charge is -2.35. The largest absolute Gasteiger partial charge is 0.387 e. The summed E-state index contributed by atoms with van der Waals surface area (Å²) in [5.41, 5.74) is 9.54. The van der Waals surface area contributed by atoms with Crippen LogP contribution in [-0.4, -0.2) is 37.3 Å². The molecular weight excluding hydrogens is 510 g/mol. The van der Waals surface area contributed by atoms with E-state index in [1.165, 1.54) is 40.7 Å². The third-order valence-corrected chi connectivity index (χ3v) is 8.12. The van der Waals surface area contributed by atoms with Crippen molar-refractivity contribution in [3.05, 3.63) is 143 Å². The van der Waals surface area contributed by atoms with Crippen LogP contribution in [0.25, 0.3) is 0 Å². The summed E-state index contributed by atoms with van der Waals surface area (Å²) in [5.74, 6) is 1.11. The monoisotopic (exact) mass is 561 g/mol. The lowest BCUT2D eigenvalue weighted by Crippen LogP contribution is -2.37. The number of aryl methyl sites for hydroxylation is 1. The highest BCUT2D eigenvalue weighted by molar-refractivity contribution is 6.10. The fraction of sp³-hybridized carbons (Fsp3) is 0.359. The molecule has 0 radical (unpaired) electrons. The molecule has 0 saturated carbocycles. The third kappa shape index (κ3) is 9.42. The van der Waals surface area contributed by atoms with Crippen LogP contribution in [0.3, 0.4) is 0 Å². The standard InChI is InChI=1S/C37H45N3.C2H6/c1-6-36(38-5)30(4)39-37(34-20-14-13-15-29(34)3)26-28(2)25-31-21-23-40(24-22-31)27-35(32-16-9-7-10-17-32)33-18-11-8-12-19-33;1-2/h6-20,26,31,35,38H,1,21-25,27H2,2-5H3;1-2H3/b28-26+,36-30-,39-37+;. The van der Waals surface area contributed by atoms with E-state index in [9.17, 15) is 0 Å². The van der Waals surface area contributed by atoms with E-state index in [4.69, 9.17) is 4.99 Å². The normalized spacial score (nSPS) is 15.5. The first-order valence-corrected chi connectivity index (χ1v) is 15.6. The van der Waals surface area contributed by atoms with Gasteiger partial charge in [-0.1, -0.05) is 111 Å². The van der Waals surface area contributed by atoms with Crippen LogP contribution in [0.1, 0.15) is 75.1 Å². The van der Waals surface area contributed by atoms with Crippen LogP contribution in [0.4, 0.5) is 0 Å². The van der Waals surface area contributed by atoms with Crippen LogP contribution in [0.2, 0.25) is 0 Å². The molecule has 0 spiro atoms. The summed E-state index contributed by atoms with van der Waals surface area (Å²) < 4.78 is 0. The van der Waals surface area contributed by atoms with Crippen molar-refractivity contribution in [2.75, 3.05) is 26.7 Å². The zero-order valence-corrected chi connectivity index (χ0v) is 26.7. The van der Waals surface area contributed by atoms with Crippen molar-refractivity contribution in [2.45, 2.75) is 59.8 Å². The molecule has 0 bridgehead atoms. The first-order valence-electron chi connectivity index (χ1n) is 15.6. The summed E-state index contributed by atoms with van der Waals surface area (Å²) in [7, 11) is 1.92. The highest BCUT2D eigenvalue weighted by atomic mass is 15.1. The van der Waals surface area contributed by atoms with E-state index in [-0.39, 0.29) is 0 Å². The number of aliphatic imine (C=N–C) groups is 1. The van der Waals surface area contributed by atoms with Gasteiger partial charge in [0.05, 0.1) is 17.1 Å². The second kappa shape index (κ2) is 17.3. The average Bonchev–Trinajstić information content (AvgIpc) is 3.03. The van der Waals surface area contributed by atoms with Crippen LogP contribution in [0.15, 0.2) is 126 Å². The molecule has 0 atom stereocenters. The Balaban J connectivity index is 0.00000237. The predicted octanol–water partition coefficient (Wildman–Crippen LogP) is 9.33. The molecule has 1 fully saturated rings. The van der Waals surface area contributed by atoms with E-state index in [0.29, 0.717) is 11.8 Å². The predicted molar refractivity (Wildman–Crippen MR) is 183 cm³/mol. The van der Waals surface area contributed by atoms with Gasteiger partial charge in [0.15, 0.2) is 0 Å². The summed E-state index contributed by atoms with van der Waals surface area (Å²) in [6, 6.07) is 30.5. The Morgan fingerprint density at radius 2 is 1.45 bits per heavy atom. The Morgan fingerprint density at radius 1 is 0.905 bits per heavy atom. The van der Waals surface area contributed by atoms with E-state index >= 15 is 0 Å². The van der Waals surface area contributed by atoms with Crippen LogP contribution in [0, 0.1) is 12.8 Å². The maximum absolute atomic E-state index is 5.06. The molecule has 1 aliphatic heterocycles. The minimum Gasteiger partial charge on any atom is -0.387 e. The van der Waals surface area contributed by atoms with Crippen LogP contribution in [0.5, 0.6) is 0 Å². The van der Waals surface area contributed by atoms with E-state index < -0.39 is 0 Å². The van der Waals surface area contributed by atoms with Crippen molar-refractivity contribution in [1.29, 1.82) is 0 Å². The molecule has 1 N–H and O–H groups in total. The molecule has 3 aromatic carbocycles. The Kier molecular flexibility index (Phi) is 13.5. The number of likely N-dealkylation sites (tertiary alicyclic amines) is 1. The van der Waals surface area contributed by atoms with Crippen LogP contribution >= 0.6 is 0 Å². The van der Waals surface area contributed by atoms with Gasteiger partial charge in [0.1, 0.15) is 0 Å². The summed E-state index contributed by atoms with van der Waals surface area (Å²) in [6.45, 7) is 17.8. The molecule has 42 heavy (non-hydrogen) atoms. The average molecular weight is 562 g/mol. The first kappa shape index (κ1) is 32.8. The van der Waals surface area contributed by atoms with E-state index in [1.54, 1.807) is 0 Å². The molecule has 0 aromatic heterocycles. The molecule has 0 aliphatic carbocycles. The number of piperidine rings is 1. The van der Waals surface area contributed by atoms with Gasteiger partial charge in [-0.05, 0) is 87.9 Å². The van der Waals surface area contributed by atoms with Gasteiger partial charge >= 0.3 is 0 Å². The van der Waals surface area contributed by atoms with Crippen molar-refractivity contribution in [2.24, 2.45) is 10.9 Å². The van der Waals surface area contributed by atoms with Crippen LogP contribution in [-0.2, 0) is 0 Å². The zero-order chi connectivity index (χ0) is 30.3. The molecule has 1 aliphatic rings. The smallest absolute Gasteiger partial charge is 0.0708 e. The molecule has 1 heterocycles. The highest BCUT2D eigenvalue weighted by Crippen LogP contribution is 2.30. The second-order valence-corrected chi connectivity index (χ2v) is 11.1. The first-order chi connectivity index (χ1) is 20.5. The van der Waals surface area contributed by atoms with Crippen LogP contribution < -0.4 is 5.32 Å². The number of nitrogens with zero attached hydrogens (tertiary/aromatic N) is 2. The molecule has 0 amide bonds. The summed E-state index contributed by atoms with van der Waals surface area (Å²) >= 11 is 0. The van der Waals surface area contributed by atoms with Crippen molar-refractivity contribution >= 4 is 5.71 Å². The number of hydrogen-bond acceptors (Lipinski definition) is 3. The Labute approximate surface area is 255 Å². The van der Waals surface area contributed by atoms with Crippen molar-refractivity contribution in [3.63, 3.8) is 0 Å². The summed E-state index contributed by atoms with van der Waals surface area (Å²) in [4.78, 5) is 7.73. The van der Waals surface area contributed by atoms with Gasteiger partial charge < -0.3 is 10.2 Å². The Bertz CT molecular complexity index is 1290. The fourth-order valence-corrected chi connectivity index (χ4v) is 5.86. The molecule has 4 rings (SSSR count). The van der Waals surface area contributed by atoms with Crippen molar-refractivity contribution in [3.8, 4) is 0 Å². The third-order valence-electron chi connectivity index (χ3n) is 8.12. The van der Waals surface area contributed by atoms with Gasteiger partial charge in [0.2, 0.25) is 0 Å². The maximum Gasteiger partial charge on any atom is 0.0708 e. The van der Waals surface area contributed by atoms with Gasteiger partial charge in [0.25, 0.3) is 0 Å². The van der Waals surface area contributed by atoms with E-state index in [0.717, 1.165) is 43.2 Å². The topological polar surface area (TPSA) is 27.6 Å². The number of allylic oxidation sites excluding steroid dienone is 4. The number of hydrogen-bond donors (Lipinski definition) is 1. The van der Waals surface area contributed by atoms with Gasteiger partial charge in [-0.15, -0.1) is 0 Å². The SMILES string of the molecule is C=C/C(NC)=C(C)/N=C(\C=C(/C)CC1CCN(CC(c2ccccc2)c2ccccc2)CC1)c1ccccc1C.CC. The lowest BCUT2D eigenvalue weighted by atomic mass is 9.87. The zero-order valence-electron chi connectivity index (χ0n) is 26.7. The van der Waals surface area contributed by atoms with E-state index in [2.05, 4.69) is 122 Å². The summed E-state index contributed by atoms with van der Waals surface area (Å²) in [6.07, 6.45) is 7.71. The Hall–Kier alpha value is -3.69. The maximum atomic E-state index is 5.06. The minimum atomic E-state index is 0.405. The fourth-order valence-electron chi connectivity index (χ4n) is 5.86. The number of rotatable bonds is 11. The van der Waals surface area contributed by atoms with Gasteiger partial charge in [0, 0.05) is 25.1 Å². The number of nitrogens with one attached hydrogen (secondary N) is 1. The molecular formula is C39H51N3. The molecule has 1 saturated heterocycles. The Morgan fingerprint density at radius 3 is 1.98 bits per heavy atom. The van der Waals surface area contributed by atoms with Gasteiger partial charge in [-0.2, -0.15) is 0 Å². The quantitative estimate of drug-likeness (QED) is 0.187. The van der Waals surface area contributed by atoms with Gasteiger partial charge in [-0.3, -0.25) is 4.99 Å². The van der Waals surface area contributed by atoms with Crippen molar-refractivity contribution in [1.82, 2.24) is 10.2 Å². The molecule has 3 heteroatoms. The summed E-state index contributed by atoms with van der Waals surface area (Å²) in [5, 5.41) is 3.21.